The summed E-state index contributed by atoms with van der Waals surface area (Å²) in [5, 5.41) is 14.5. The van der Waals surface area contributed by atoms with E-state index >= 15 is 0 Å². The number of fused-ring (bicyclic) bond motifs is 3. The third kappa shape index (κ3) is 5.53. The van der Waals surface area contributed by atoms with Crippen molar-refractivity contribution in [1.29, 1.82) is 0 Å². The lowest BCUT2D eigenvalue weighted by Crippen LogP contribution is -2.48. The van der Waals surface area contributed by atoms with Gasteiger partial charge in [-0.15, -0.1) is 0 Å². The Balaban J connectivity index is 1.42. The van der Waals surface area contributed by atoms with Crippen LogP contribution < -0.4 is 14.8 Å². The molecule has 3 heterocycles. The molecule has 0 spiro atoms. The minimum atomic E-state index is -0.778. The van der Waals surface area contributed by atoms with E-state index in [4.69, 9.17) is 9.47 Å². The van der Waals surface area contributed by atoms with Crippen LogP contribution in [0.2, 0.25) is 0 Å². The predicted octanol–water partition coefficient (Wildman–Crippen LogP) is 3.96. The van der Waals surface area contributed by atoms with E-state index in [-0.39, 0.29) is 11.9 Å². The topological polar surface area (TPSA) is 71.0 Å². The molecule has 3 aliphatic heterocycles. The first-order chi connectivity index (χ1) is 15.2. The van der Waals surface area contributed by atoms with Crippen LogP contribution in [0.15, 0.2) is 18.2 Å². The molecule has 0 radical (unpaired) electrons. The fraction of sp³-hybridized carbons (Fsp3) is 0.720. The van der Waals surface area contributed by atoms with Crippen LogP contribution in [0.25, 0.3) is 0 Å². The molecule has 6 nitrogen and oxygen atoms in total. The number of unbranched alkanes of at least 4 members (excludes halogenated alkanes) is 4. The van der Waals surface area contributed by atoms with Crippen LogP contribution in [-0.4, -0.2) is 53.8 Å². The SMILES string of the molecule is CCCCCCCC(=O)NC(CN1C2CCC1CC2)C(O)c1ccc2c(c1)OCCO2. The number of aliphatic hydroxyl groups is 1. The zero-order valence-electron chi connectivity index (χ0n) is 18.9. The smallest absolute Gasteiger partial charge is 0.220 e. The van der Waals surface area contributed by atoms with Gasteiger partial charge in [-0.3, -0.25) is 9.69 Å². The van der Waals surface area contributed by atoms with Crippen molar-refractivity contribution in [3.63, 3.8) is 0 Å². The van der Waals surface area contributed by atoms with Crippen LogP contribution in [0.3, 0.4) is 0 Å². The second-order valence-corrected chi connectivity index (χ2v) is 9.35. The second-order valence-electron chi connectivity index (χ2n) is 9.35. The Morgan fingerprint density at radius 1 is 1.06 bits per heavy atom. The zero-order chi connectivity index (χ0) is 21.6. The number of hydrogen-bond acceptors (Lipinski definition) is 5. The number of rotatable bonds is 11. The largest absolute Gasteiger partial charge is 0.486 e. The molecular weight excluding hydrogens is 392 g/mol. The Kier molecular flexibility index (Phi) is 7.72. The van der Waals surface area contributed by atoms with Crippen molar-refractivity contribution >= 4 is 5.91 Å². The van der Waals surface area contributed by atoms with Gasteiger partial charge in [0.15, 0.2) is 11.5 Å². The van der Waals surface area contributed by atoms with Crippen molar-refractivity contribution in [2.24, 2.45) is 0 Å². The van der Waals surface area contributed by atoms with Crippen LogP contribution in [0, 0.1) is 0 Å². The fourth-order valence-electron chi connectivity index (χ4n) is 5.41. The number of carbonyl (C=O) groups excluding carboxylic acids is 1. The minimum Gasteiger partial charge on any atom is -0.486 e. The van der Waals surface area contributed by atoms with E-state index in [9.17, 15) is 9.90 Å². The quantitative estimate of drug-likeness (QED) is 0.520. The Hall–Kier alpha value is -1.79. The summed E-state index contributed by atoms with van der Waals surface area (Å²) in [6.07, 6.45) is 10.3. The highest BCUT2D eigenvalue weighted by Crippen LogP contribution is 2.39. The van der Waals surface area contributed by atoms with Crippen LogP contribution in [-0.2, 0) is 4.79 Å². The Morgan fingerprint density at radius 3 is 2.45 bits per heavy atom. The highest BCUT2D eigenvalue weighted by molar-refractivity contribution is 5.76. The van der Waals surface area contributed by atoms with Crippen molar-refractivity contribution in [2.45, 2.75) is 95.4 Å². The molecule has 6 heteroatoms. The Labute approximate surface area is 186 Å². The molecule has 31 heavy (non-hydrogen) atoms. The maximum absolute atomic E-state index is 12.7. The van der Waals surface area contributed by atoms with Crippen molar-refractivity contribution < 1.29 is 19.4 Å². The standard InChI is InChI=1S/C25H38N2O4/c1-2-3-4-5-6-7-24(28)26-21(17-27-19-9-10-20(27)12-11-19)25(29)18-8-13-22-23(16-18)31-15-14-30-22/h8,13,16,19-21,25,29H,2-7,9-12,14-15,17H2,1H3,(H,26,28). The summed E-state index contributed by atoms with van der Waals surface area (Å²) in [6, 6.07) is 6.49. The van der Waals surface area contributed by atoms with E-state index < -0.39 is 6.10 Å². The van der Waals surface area contributed by atoms with Gasteiger partial charge in [0.25, 0.3) is 0 Å². The molecule has 2 atom stereocenters. The summed E-state index contributed by atoms with van der Waals surface area (Å²) in [5.41, 5.74) is 0.768. The molecular formula is C25H38N2O4. The van der Waals surface area contributed by atoms with Gasteiger partial charge in [0.2, 0.25) is 5.91 Å². The number of benzene rings is 1. The highest BCUT2D eigenvalue weighted by atomic mass is 16.6. The summed E-state index contributed by atoms with van der Waals surface area (Å²) in [7, 11) is 0. The van der Waals surface area contributed by atoms with E-state index in [0.717, 1.165) is 18.4 Å². The Bertz CT molecular complexity index is 720. The third-order valence-electron chi connectivity index (χ3n) is 7.15. The first-order valence-electron chi connectivity index (χ1n) is 12.3. The fourth-order valence-corrected chi connectivity index (χ4v) is 5.41. The van der Waals surface area contributed by atoms with Crippen molar-refractivity contribution in [2.75, 3.05) is 19.8 Å². The molecule has 0 aromatic heterocycles. The number of nitrogens with zero attached hydrogens (tertiary/aromatic N) is 1. The Morgan fingerprint density at radius 2 is 1.74 bits per heavy atom. The van der Waals surface area contributed by atoms with E-state index in [1.165, 1.54) is 44.9 Å². The maximum atomic E-state index is 12.7. The first-order valence-corrected chi connectivity index (χ1v) is 12.3. The lowest BCUT2D eigenvalue weighted by molar-refractivity contribution is -0.123. The summed E-state index contributed by atoms with van der Waals surface area (Å²) in [4.78, 5) is 15.2. The summed E-state index contributed by atoms with van der Waals surface area (Å²) < 4.78 is 11.3. The number of aliphatic hydroxyl groups excluding tert-OH is 1. The molecule has 4 rings (SSSR count). The van der Waals surface area contributed by atoms with Crippen LogP contribution in [0.5, 0.6) is 11.5 Å². The van der Waals surface area contributed by atoms with E-state index in [0.29, 0.717) is 49.8 Å². The van der Waals surface area contributed by atoms with Crippen LogP contribution in [0.4, 0.5) is 0 Å². The average molecular weight is 431 g/mol. The highest BCUT2D eigenvalue weighted by Gasteiger charge is 2.41. The van der Waals surface area contributed by atoms with Crippen molar-refractivity contribution in [3.05, 3.63) is 23.8 Å². The minimum absolute atomic E-state index is 0.0460. The van der Waals surface area contributed by atoms with Crippen LogP contribution >= 0.6 is 0 Å². The molecule has 1 amide bonds. The summed E-state index contributed by atoms with van der Waals surface area (Å²) >= 11 is 0. The maximum Gasteiger partial charge on any atom is 0.220 e. The van der Waals surface area contributed by atoms with Gasteiger partial charge in [-0.2, -0.15) is 0 Å². The predicted molar refractivity (Wildman–Crippen MR) is 120 cm³/mol. The van der Waals surface area contributed by atoms with Crippen LogP contribution in [0.1, 0.15) is 82.8 Å². The van der Waals surface area contributed by atoms with E-state index in [1.807, 2.05) is 18.2 Å². The molecule has 172 valence electrons. The molecule has 1 aromatic rings. The van der Waals surface area contributed by atoms with E-state index in [2.05, 4.69) is 17.1 Å². The third-order valence-corrected chi connectivity index (χ3v) is 7.15. The summed E-state index contributed by atoms with van der Waals surface area (Å²) in [6.45, 7) is 3.96. The van der Waals surface area contributed by atoms with Gasteiger partial charge in [0.1, 0.15) is 19.3 Å². The zero-order valence-corrected chi connectivity index (χ0v) is 18.9. The van der Waals surface area contributed by atoms with Gasteiger partial charge in [0, 0.05) is 25.0 Å². The molecule has 2 saturated heterocycles. The number of hydrogen-bond donors (Lipinski definition) is 2. The molecule has 3 aliphatic rings. The average Bonchev–Trinajstić information content (AvgIpc) is 3.36. The van der Waals surface area contributed by atoms with Gasteiger partial charge in [0.05, 0.1) is 6.04 Å². The van der Waals surface area contributed by atoms with Crippen molar-refractivity contribution in [1.82, 2.24) is 10.2 Å². The molecule has 0 saturated carbocycles. The van der Waals surface area contributed by atoms with Gasteiger partial charge in [-0.25, -0.2) is 0 Å². The first kappa shape index (κ1) is 22.4. The molecule has 2 bridgehead atoms. The normalized spacial score (nSPS) is 24.2. The lowest BCUT2D eigenvalue weighted by Gasteiger charge is -2.32. The monoisotopic (exact) mass is 430 g/mol. The number of amides is 1. The van der Waals surface area contributed by atoms with E-state index in [1.54, 1.807) is 0 Å². The van der Waals surface area contributed by atoms with Gasteiger partial charge in [-0.05, 0) is 49.8 Å². The molecule has 0 aliphatic carbocycles. The molecule has 2 N–H and O–H groups in total. The summed E-state index contributed by atoms with van der Waals surface area (Å²) in [5.74, 6) is 1.43. The van der Waals surface area contributed by atoms with Gasteiger partial charge in [-0.1, -0.05) is 38.7 Å². The van der Waals surface area contributed by atoms with Gasteiger partial charge < -0.3 is 19.9 Å². The molecule has 2 unspecified atom stereocenters. The second kappa shape index (κ2) is 10.7. The van der Waals surface area contributed by atoms with Gasteiger partial charge >= 0.3 is 0 Å². The van der Waals surface area contributed by atoms with Crippen molar-refractivity contribution in [3.8, 4) is 11.5 Å². The molecule has 1 aromatic carbocycles. The number of ether oxygens (including phenoxy) is 2. The number of nitrogens with one attached hydrogen (secondary N) is 1. The lowest BCUT2D eigenvalue weighted by atomic mass is 10.00. The number of carbonyl (C=O) groups is 1. The molecule has 2 fully saturated rings.